The van der Waals surface area contributed by atoms with Crippen molar-refractivity contribution in [2.75, 3.05) is 5.75 Å². The molecule has 1 N–H and O–H groups in total. The lowest BCUT2D eigenvalue weighted by Crippen LogP contribution is -2.28. The number of hydrogen-bond donors (Lipinski definition) is 1. The van der Waals surface area contributed by atoms with Crippen molar-refractivity contribution in [1.29, 1.82) is 0 Å². The average Bonchev–Trinajstić information content (AvgIpc) is 3.16. The lowest BCUT2D eigenvalue weighted by molar-refractivity contribution is -0.118. The van der Waals surface area contributed by atoms with Gasteiger partial charge in [0, 0.05) is 13.1 Å². The first kappa shape index (κ1) is 23.8. The van der Waals surface area contributed by atoms with Crippen LogP contribution in [0.3, 0.4) is 0 Å². The molecule has 2 heterocycles. The Balaban J connectivity index is 1.59. The summed E-state index contributed by atoms with van der Waals surface area (Å²) in [5, 5.41) is 7.95. The van der Waals surface area contributed by atoms with Crippen molar-refractivity contribution in [3.05, 3.63) is 86.8 Å². The standard InChI is InChI=1S/C26H29N5O2S/c1-5-31-24-23(19(4)29-31)28-26(30(25(24)33)15-21-12-8-18(3)9-13-21)34-16-22(32)27-14-20-10-6-17(2)7-11-20/h6-13H,5,14-16H2,1-4H3,(H,27,32). The molecule has 0 saturated heterocycles. The molecule has 0 aliphatic heterocycles. The fourth-order valence-corrected chi connectivity index (χ4v) is 4.55. The normalized spacial score (nSPS) is 11.2. The second kappa shape index (κ2) is 10.3. The molecule has 176 valence electrons. The molecule has 0 spiro atoms. The third kappa shape index (κ3) is 5.22. The van der Waals surface area contributed by atoms with Gasteiger partial charge in [0.2, 0.25) is 5.91 Å². The van der Waals surface area contributed by atoms with Gasteiger partial charge >= 0.3 is 0 Å². The first-order valence-corrected chi connectivity index (χ1v) is 12.3. The predicted molar refractivity (Wildman–Crippen MR) is 136 cm³/mol. The molecule has 7 nitrogen and oxygen atoms in total. The predicted octanol–water partition coefficient (Wildman–Crippen LogP) is 3.99. The van der Waals surface area contributed by atoms with E-state index in [0.717, 1.165) is 16.7 Å². The Morgan fingerprint density at radius 3 is 2.21 bits per heavy atom. The van der Waals surface area contributed by atoms with Crippen molar-refractivity contribution in [2.45, 2.75) is 52.5 Å². The van der Waals surface area contributed by atoms with E-state index < -0.39 is 0 Å². The number of nitrogens with one attached hydrogen (secondary N) is 1. The quantitative estimate of drug-likeness (QED) is 0.308. The minimum absolute atomic E-state index is 0.109. The number of aryl methyl sites for hydroxylation is 4. The number of carbonyl (C=O) groups is 1. The fourth-order valence-electron chi connectivity index (χ4n) is 3.73. The molecule has 0 aliphatic rings. The molecule has 2 aromatic heterocycles. The molecular formula is C26H29N5O2S. The van der Waals surface area contributed by atoms with Crippen molar-refractivity contribution < 1.29 is 4.79 Å². The van der Waals surface area contributed by atoms with Crippen LogP contribution in [-0.4, -0.2) is 31.0 Å². The van der Waals surface area contributed by atoms with E-state index in [2.05, 4.69) is 10.4 Å². The van der Waals surface area contributed by atoms with Crippen LogP contribution in [0, 0.1) is 20.8 Å². The topological polar surface area (TPSA) is 81.8 Å². The van der Waals surface area contributed by atoms with E-state index in [1.165, 1.54) is 17.3 Å². The van der Waals surface area contributed by atoms with Crippen LogP contribution in [0.15, 0.2) is 58.5 Å². The van der Waals surface area contributed by atoms with Crippen LogP contribution in [0.5, 0.6) is 0 Å². The number of benzene rings is 2. The number of fused-ring (bicyclic) bond motifs is 1. The van der Waals surface area contributed by atoms with Gasteiger partial charge in [0.25, 0.3) is 5.56 Å². The lowest BCUT2D eigenvalue weighted by Gasteiger charge is -2.13. The zero-order valence-electron chi connectivity index (χ0n) is 20.0. The van der Waals surface area contributed by atoms with E-state index in [4.69, 9.17) is 4.98 Å². The van der Waals surface area contributed by atoms with Crippen molar-refractivity contribution in [3.63, 3.8) is 0 Å². The van der Waals surface area contributed by atoms with E-state index in [0.29, 0.717) is 41.5 Å². The lowest BCUT2D eigenvalue weighted by atomic mass is 10.1. The number of hydrogen-bond acceptors (Lipinski definition) is 5. The van der Waals surface area contributed by atoms with Crippen LogP contribution >= 0.6 is 11.8 Å². The van der Waals surface area contributed by atoms with Crippen LogP contribution in [0.2, 0.25) is 0 Å². The summed E-state index contributed by atoms with van der Waals surface area (Å²) >= 11 is 1.27. The van der Waals surface area contributed by atoms with Crippen LogP contribution in [0.25, 0.3) is 11.0 Å². The molecule has 0 radical (unpaired) electrons. The van der Waals surface area contributed by atoms with Crippen LogP contribution in [0.1, 0.15) is 34.9 Å². The van der Waals surface area contributed by atoms with Crippen molar-refractivity contribution in [1.82, 2.24) is 24.6 Å². The smallest absolute Gasteiger partial charge is 0.280 e. The average molecular weight is 476 g/mol. The van der Waals surface area contributed by atoms with Gasteiger partial charge in [-0.2, -0.15) is 5.10 Å². The van der Waals surface area contributed by atoms with E-state index >= 15 is 0 Å². The summed E-state index contributed by atoms with van der Waals surface area (Å²) in [7, 11) is 0. The molecule has 0 unspecified atom stereocenters. The number of carbonyl (C=O) groups excluding carboxylic acids is 1. The molecule has 4 rings (SSSR count). The molecular weight excluding hydrogens is 446 g/mol. The molecule has 0 atom stereocenters. The Labute approximate surface area is 203 Å². The molecule has 0 saturated carbocycles. The first-order valence-electron chi connectivity index (χ1n) is 11.3. The third-order valence-electron chi connectivity index (χ3n) is 5.69. The van der Waals surface area contributed by atoms with Crippen molar-refractivity contribution in [3.8, 4) is 0 Å². The van der Waals surface area contributed by atoms with Gasteiger partial charge in [-0.1, -0.05) is 71.4 Å². The Kier molecular flexibility index (Phi) is 7.17. The molecule has 4 aromatic rings. The molecule has 0 aliphatic carbocycles. The zero-order chi connectivity index (χ0) is 24.2. The summed E-state index contributed by atoms with van der Waals surface area (Å²) in [6.45, 7) is 9.30. The van der Waals surface area contributed by atoms with Gasteiger partial charge in [-0.3, -0.25) is 18.8 Å². The Hall–Kier alpha value is -3.39. The number of thioether (sulfide) groups is 1. The summed E-state index contributed by atoms with van der Waals surface area (Å²) < 4.78 is 3.35. The third-order valence-corrected chi connectivity index (χ3v) is 6.66. The largest absolute Gasteiger partial charge is 0.351 e. The minimum Gasteiger partial charge on any atom is -0.351 e. The monoisotopic (exact) mass is 475 g/mol. The SMILES string of the molecule is CCn1nc(C)c2nc(SCC(=O)NCc3ccc(C)cc3)n(Cc3ccc(C)cc3)c(=O)c21. The maximum absolute atomic E-state index is 13.5. The molecule has 2 aromatic carbocycles. The summed E-state index contributed by atoms with van der Waals surface area (Å²) in [4.78, 5) is 30.9. The van der Waals surface area contributed by atoms with Gasteiger partial charge in [0.05, 0.1) is 18.0 Å². The number of aromatic nitrogens is 4. The highest BCUT2D eigenvalue weighted by atomic mass is 32.2. The number of nitrogens with zero attached hydrogens (tertiary/aromatic N) is 4. The molecule has 0 fully saturated rings. The second-order valence-electron chi connectivity index (χ2n) is 8.42. The highest BCUT2D eigenvalue weighted by Crippen LogP contribution is 2.21. The maximum Gasteiger partial charge on any atom is 0.280 e. The number of rotatable bonds is 8. The molecule has 1 amide bonds. The highest BCUT2D eigenvalue weighted by molar-refractivity contribution is 7.99. The van der Waals surface area contributed by atoms with Crippen LogP contribution in [0.4, 0.5) is 0 Å². The van der Waals surface area contributed by atoms with Gasteiger partial charge in [0.15, 0.2) is 10.7 Å². The second-order valence-corrected chi connectivity index (χ2v) is 9.36. The zero-order valence-corrected chi connectivity index (χ0v) is 20.8. The summed E-state index contributed by atoms with van der Waals surface area (Å²) in [6.07, 6.45) is 0. The highest BCUT2D eigenvalue weighted by Gasteiger charge is 2.19. The Morgan fingerprint density at radius 2 is 1.59 bits per heavy atom. The number of amides is 1. The summed E-state index contributed by atoms with van der Waals surface area (Å²) in [5.41, 5.74) is 6.04. The molecule has 0 bridgehead atoms. The Bertz CT molecular complexity index is 1370. The van der Waals surface area contributed by atoms with Crippen molar-refractivity contribution in [2.24, 2.45) is 0 Å². The van der Waals surface area contributed by atoms with E-state index in [1.807, 2.05) is 76.2 Å². The van der Waals surface area contributed by atoms with Gasteiger partial charge in [0.1, 0.15) is 5.52 Å². The maximum atomic E-state index is 13.5. The van der Waals surface area contributed by atoms with Crippen LogP contribution in [-0.2, 0) is 24.4 Å². The van der Waals surface area contributed by atoms with Crippen LogP contribution < -0.4 is 10.9 Å². The van der Waals surface area contributed by atoms with E-state index in [-0.39, 0.29) is 17.2 Å². The van der Waals surface area contributed by atoms with Crippen molar-refractivity contribution >= 4 is 28.7 Å². The van der Waals surface area contributed by atoms with Gasteiger partial charge < -0.3 is 5.32 Å². The minimum atomic E-state index is -0.143. The Morgan fingerprint density at radius 1 is 0.971 bits per heavy atom. The van der Waals surface area contributed by atoms with E-state index in [1.54, 1.807) is 9.25 Å². The first-order chi connectivity index (χ1) is 16.4. The van der Waals surface area contributed by atoms with Gasteiger partial charge in [-0.15, -0.1) is 0 Å². The molecule has 8 heteroatoms. The van der Waals surface area contributed by atoms with Gasteiger partial charge in [-0.05, 0) is 38.8 Å². The fraction of sp³-hybridized carbons (Fsp3) is 0.308. The van der Waals surface area contributed by atoms with Gasteiger partial charge in [-0.25, -0.2) is 4.98 Å². The molecule has 34 heavy (non-hydrogen) atoms. The summed E-state index contributed by atoms with van der Waals surface area (Å²) in [5.74, 6) is 0.0568. The van der Waals surface area contributed by atoms with E-state index in [9.17, 15) is 9.59 Å². The summed E-state index contributed by atoms with van der Waals surface area (Å²) in [6, 6.07) is 16.1.